The number of carboxylic acid groups (broad SMARTS) is 1. The number of piperidine rings is 2. The molecule has 248 valence electrons. The van der Waals surface area contributed by atoms with E-state index in [0.29, 0.717) is 52.4 Å². The Balaban J connectivity index is 1.07. The van der Waals surface area contributed by atoms with Crippen LogP contribution >= 0.6 is 34.5 Å². The van der Waals surface area contributed by atoms with Crippen molar-refractivity contribution in [2.24, 2.45) is 17.8 Å². The number of hydrogen-bond donors (Lipinski definition) is 2. The van der Waals surface area contributed by atoms with Gasteiger partial charge in [-0.2, -0.15) is 0 Å². The maximum absolute atomic E-state index is 13.0. The molecule has 3 aliphatic heterocycles. The number of aromatic nitrogens is 4. The normalized spacial score (nSPS) is 23.2. The van der Waals surface area contributed by atoms with E-state index >= 15 is 0 Å². The molecule has 2 N–H and O–H groups in total. The third-order valence-electron chi connectivity index (χ3n) is 9.76. The van der Waals surface area contributed by atoms with Crippen LogP contribution < -0.4 is 9.80 Å². The van der Waals surface area contributed by atoms with Crippen molar-refractivity contribution in [2.45, 2.75) is 39.5 Å². The van der Waals surface area contributed by atoms with Crippen molar-refractivity contribution in [3.8, 4) is 11.4 Å². The Morgan fingerprint density at radius 1 is 1.02 bits per heavy atom. The predicted octanol–water partition coefficient (Wildman–Crippen LogP) is 5.44. The number of carbonyl (C=O) groups is 2. The first-order valence-corrected chi connectivity index (χ1v) is 17.7. The molecule has 46 heavy (non-hydrogen) atoms. The van der Waals surface area contributed by atoms with Gasteiger partial charge in [-0.3, -0.25) is 9.69 Å². The van der Waals surface area contributed by atoms with Crippen LogP contribution in [0.4, 0.5) is 10.9 Å². The first kappa shape index (κ1) is 33.1. The molecule has 1 unspecified atom stereocenters. The van der Waals surface area contributed by atoms with E-state index in [9.17, 15) is 14.7 Å². The van der Waals surface area contributed by atoms with Crippen molar-refractivity contribution < 1.29 is 14.7 Å². The van der Waals surface area contributed by atoms with Gasteiger partial charge in [-0.25, -0.2) is 19.7 Å². The van der Waals surface area contributed by atoms with Crippen LogP contribution in [0.2, 0.25) is 10.0 Å². The Morgan fingerprint density at radius 2 is 1.80 bits per heavy atom. The molecule has 3 aliphatic rings. The Kier molecular flexibility index (Phi) is 10.2. The average Bonchev–Trinajstić information content (AvgIpc) is 3.60. The van der Waals surface area contributed by atoms with Gasteiger partial charge in [0.2, 0.25) is 0 Å². The molecule has 11 nitrogen and oxygen atoms in total. The SMILES string of the molecule is Cc1[nH]c(C(=O)C[C@@H]2CCN(c3nc(-c4cnc(N5CCN(CC6CCCN(C)C6)CC5)cn4)c(C(=O)O)s3)C[C@@H]2C)c(Cl)c1Cl. The second kappa shape index (κ2) is 14.1. The Hall–Kier alpha value is -2.77. The number of rotatable bonds is 9. The third kappa shape index (κ3) is 7.21. The molecule has 6 rings (SSSR count). The number of nitrogens with zero attached hydrogens (tertiary/aromatic N) is 7. The molecule has 14 heteroatoms. The Morgan fingerprint density at radius 3 is 2.43 bits per heavy atom. The standard InChI is InChI=1S/C32H42Cl2N8O3S/c1-19-16-42(8-6-22(19)13-24(43)29-27(34)26(33)20(2)37-29)32-38-28(30(46-32)31(44)45)23-14-36-25(15-35-23)41-11-9-40(10-12-41)18-21-5-4-7-39(3)17-21/h14-15,19,21-22,37H,4-13,16-18H2,1-3H3,(H,44,45)/t19-,21?,22-/m0/s1. The smallest absolute Gasteiger partial charge is 0.348 e. The van der Waals surface area contributed by atoms with E-state index in [1.807, 2.05) is 0 Å². The van der Waals surface area contributed by atoms with Crippen molar-refractivity contribution >= 4 is 57.2 Å². The highest BCUT2D eigenvalue weighted by atomic mass is 35.5. The zero-order valence-corrected chi connectivity index (χ0v) is 29.0. The number of Topliss-reactive ketones (excluding diaryl/α,β-unsaturated/α-hetero) is 1. The number of aromatic carboxylic acids is 1. The highest BCUT2D eigenvalue weighted by Crippen LogP contribution is 2.37. The summed E-state index contributed by atoms with van der Waals surface area (Å²) in [5, 5.41) is 11.3. The van der Waals surface area contributed by atoms with Crippen LogP contribution in [0, 0.1) is 24.7 Å². The molecule has 3 atom stereocenters. The summed E-state index contributed by atoms with van der Waals surface area (Å²) in [6.07, 6.45) is 7.12. The second-order valence-electron chi connectivity index (χ2n) is 13.1. The largest absolute Gasteiger partial charge is 0.477 e. The minimum absolute atomic E-state index is 0.0497. The second-order valence-corrected chi connectivity index (χ2v) is 14.9. The van der Waals surface area contributed by atoms with E-state index in [-0.39, 0.29) is 27.5 Å². The number of nitrogens with one attached hydrogen (secondary N) is 1. The average molecular weight is 690 g/mol. The predicted molar refractivity (Wildman–Crippen MR) is 183 cm³/mol. The molecule has 0 saturated carbocycles. The zero-order valence-electron chi connectivity index (χ0n) is 26.6. The van der Waals surface area contributed by atoms with Crippen LogP contribution in [0.5, 0.6) is 0 Å². The van der Waals surface area contributed by atoms with Crippen molar-refractivity contribution in [2.75, 3.05) is 75.8 Å². The van der Waals surface area contributed by atoms with Gasteiger partial charge in [0, 0.05) is 64.5 Å². The number of ketones is 1. The third-order valence-corrected chi connectivity index (χ3v) is 11.8. The summed E-state index contributed by atoms with van der Waals surface area (Å²) in [7, 11) is 2.22. The molecular formula is C32H42Cl2N8O3S. The number of piperazine rings is 1. The molecule has 0 radical (unpaired) electrons. The quantitative estimate of drug-likeness (QED) is 0.281. The number of likely N-dealkylation sites (tertiary alicyclic amines) is 1. The van der Waals surface area contributed by atoms with Crippen LogP contribution in [0.1, 0.15) is 58.5 Å². The van der Waals surface area contributed by atoms with Crippen molar-refractivity contribution in [3.05, 3.63) is 38.7 Å². The van der Waals surface area contributed by atoms with Crippen LogP contribution in [-0.4, -0.2) is 113 Å². The van der Waals surface area contributed by atoms with Gasteiger partial charge in [0.1, 0.15) is 27.8 Å². The van der Waals surface area contributed by atoms with Gasteiger partial charge in [-0.05, 0) is 57.5 Å². The minimum Gasteiger partial charge on any atom is -0.477 e. The number of carbonyl (C=O) groups excluding carboxylic acids is 1. The van der Waals surface area contributed by atoms with Crippen molar-refractivity contribution in [1.29, 1.82) is 0 Å². The fourth-order valence-corrected chi connectivity index (χ4v) is 8.48. The van der Waals surface area contributed by atoms with Gasteiger partial charge < -0.3 is 24.8 Å². The first-order valence-electron chi connectivity index (χ1n) is 16.1. The lowest BCUT2D eigenvalue weighted by Gasteiger charge is -2.38. The van der Waals surface area contributed by atoms with Crippen molar-refractivity contribution in [1.82, 2.24) is 29.7 Å². The molecule has 0 spiro atoms. The number of aromatic amines is 1. The lowest BCUT2D eigenvalue weighted by atomic mass is 9.83. The molecule has 3 fully saturated rings. The number of aryl methyl sites for hydroxylation is 1. The van der Waals surface area contributed by atoms with Gasteiger partial charge in [0.05, 0.1) is 22.4 Å². The van der Waals surface area contributed by atoms with E-state index in [4.69, 9.17) is 28.2 Å². The maximum atomic E-state index is 13.0. The van der Waals surface area contributed by atoms with E-state index in [1.165, 1.54) is 25.9 Å². The summed E-state index contributed by atoms with van der Waals surface area (Å²) in [6, 6.07) is 0. The molecule has 0 bridgehead atoms. The summed E-state index contributed by atoms with van der Waals surface area (Å²) >= 11 is 13.6. The minimum atomic E-state index is -1.03. The molecular weight excluding hydrogens is 647 g/mol. The molecule has 0 aliphatic carbocycles. The molecule has 6 heterocycles. The van der Waals surface area contributed by atoms with Gasteiger partial charge in [0.25, 0.3) is 0 Å². The first-order chi connectivity index (χ1) is 22.1. The summed E-state index contributed by atoms with van der Waals surface area (Å²) in [5.74, 6) is 0.814. The fourth-order valence-electron chi connectivity index (χ4n) is 7.09. The number of halogens is 2. The Bertz CT molecular complexity index is 1560. The van der Waals surface area contributed by atoms with Gasteiger partial charge in [0.15, 0.2) is 10.9 Å². The van der Waals surface area contributed by atoms with E-state index < -0.39 is 5.97 Å². The highest BCUT2D eigenvalue weighted by Gasteiger charge is 2.32. The zero-order chi connectivity index (χ0) is 32.5. The van der Waals surface area contributed by atoms with Crippen LogP contribution in [-0.2, 0) is 0 Å². The van der Waals surface area contributed by atoms with E-state index in [1.54, 1.807) is 19.3 Å². The summed E-state index contributed by atoms with van der Waals surface area (Å²) in [4.78, 5) is 51.9. The number of thiazole rings is 1. The molecule has 3 aromatic heterocycles. The van der Waals surface area contributed by atoms with E-state index in [2.05, 4.69) is 48.5 Å². The Labute approximate surface area is 283 Å². The van der Waals surface area contributed by atoms with Gasteiger partial charge >= 0.3 is 5.97 Å². The summed E-state index contributed by atoms with van der Waals surface area (Å²) < 4.78 is 0. The lowest BCUT2D eigenvalue weighted by Crippen LogP contribution is -2.49. The maximum Gasteiger partial charge on any atom is 0.348 e. The number of carboxylic acids is 1. The van der Waals surface area contributed by atoms with Gasteiger partial charge in [-0.1, -0.05) is 41.5 Å². The van der Waals surface area contributed by atoms with Crippen molar-refractivity contribution in [3.63, 3.8) is 0 Å². The molecule has 0 amide bonds. The number of H-pyrrole nitrogens is 1. The van der Waals surface area contributed by atoms with Gasteiger partial charge in [-0.15, -0.1) is 0 Å². The monoisotopic (exact) mass is 688 g/mol. The molecule has 0 aromatic carbocycles. The molecule has 3 saturated heterocycles. The van der Waals surface area contributed by atoms with Crippen LogP contribution in [0.25, 0.3) is 11.4 Å². The summed E-state index contributed by atoms with van der Waals surface area (Å²) in [6.45, 7) is 12.6. The van der Waals surface area contributed by atoms with Crippen LogP contribution in [0.3, 0.4) is 0 Å². The lowest BCUT2D eigenvalue weighted by molar-refractivity contribution is 0.0702. The number of anilines is 2. The summed E-state index contributed by atoms with van der Waals surface area (Å²) in [5.41, 5.74) is 1.84. The highest BCUT2D eigenvalue weighted by molar-refractivity contribution is 7.17. The van der Waals surface area contributed by atoms with E-state index in [0.717, 1.165) is 62.2 Å². The number of hydrogen-bond acceptors (Lipinski definition) is 10. The molecule has 3 aromatic rings. The topological polar surface area (TPSA) is 122 Å². The van der Waals surface area contributed by atoms with Crippen LogP contribution in [0.15, 0.2) is 12.4 Å². The fraction of sp³-hybridized carbons (Fsp3) is 0.594.